The van der Waals surface area contributed by atoms with E-state index in [-0.39, 0.29) is 18.2 Å². The number of thiophene rings is 1. The lowest BCUT2D eigenvalue weighted by molar-refractivity contribution is 0.0521. The third-order valence-electron chi connectivity index (χ3n) is 2.91. The van der Waals surface area contributed by atoms with Crippen LogP contribution in [0.25, 0.3) is 0 Å². The Labute approximate surface area is 125 Å². The number of nitrogens with one attached hydrogen (secondary N) is 2. The Morgan fingerprint density at radius 1 is 1.45 bits per heavy atom. The second-order valence-electron chi connectivity index (χ2n) is 5.93. The van der Waals surface area contributed by atoms with Crippen LogP contribution in [0.5, 0.6) is 0 Å². The van der Waals surface area contributed by atoms with Gasteiger partial charge in [-0.25, -0.2) is 4.79 Å². The van der Waals surface area contributed by atoms with Crippen LogP contribution in [0.1, 0.15) is 52.6 Å². The van der Waals surface area contributed by atoms with E-state index in [2.05, 4.69) is 41.3 Å². The molecule has 0 aliphatic carbocycles. The Bertz CT molecular complexity index is 399. The zero-order valence-electron chi connectivity index (χ0n) is 13.0. The van der Waals surface area contributed by atoms with Gasteiger partial charge in [0.15, 0.2) is 0 Å². The molecule has 1 aromatic rings. The van der Waals surface area contributed by atoms with Gasteiger partial charge >= 0.3 is 6.09 Å². The molecule has 1 aromatic heterocycles. The lowest BCUT2D eigenvalue weighted by atomic mass is 10.1. The lowest BCUT2D eigenvalue weighted by Gasteiger charge is -2.24. The molecule has 1 rings (SSSR count). The van der Waals surface area contributed by atoms with Crippen molar-refractivity contribution in [3.8, 4) is 0 Å². The largest absolute Gasteiger partial charge is 0.444 e. The topological polar surface area (TPSA) is 50.4 Å². The first-order valence-electron chi connectivity index (χ1n) is 7.06. The average molecular weight is 298 g/mol. The second kappa shape index (κ2) is 7.64. The third kappa shape index (κ3) is 6.39. The van der Waals surface area contributed by atoms with Gasteiger partial charge in [0.2, 0.25) is 0 Å². The second-order valence-corrected chi connectivity index (χ2v) is 6.71. The Morgan fingerprint density at radius 2 is 2.15 bits per heavy atom. The number of rotatable bonds is 6. The molecule has 4 nitrogen and oxygen atoms in total. The molecule has 2 atom stereocenters. The van der Waals surface area contributed by atoms with Crippen molar-refractivity contribution in [1.82, 2.24) is 10.6 Å². The maximum absolute atomic E-state index is 11.6. The molecule has 0 aromatic carbocycles. The van der Waals surface area contributed by atoms with E-state index < -0.39 is 5.60 Å². The Morgan fingerprint density at radius 3 is 2.65 bits per heavy atom. The molecule has 2 unspecified atom stereocenters. The van der Waals surface area contributed by atoms with Crippen molar-refractivity contribution in [3.05, 3.63) is 22.4 Å². The minimum Gasteiger partial charge on any atom is -0.444 e. The Kier molecular flexibility index (Phi) is 6.49. The van der Waals surface area contributed by atoms with Crippen molar-refractivity contribution in [2.24, 2.45) is 0 Å². The Hall–Kier alpha value is -1.07. The molecular formula is C15H26N2O2S. The molecule has 1 heterocycles. The highest BCUT2D eigenvalue weighted by Crippen LogP contribution is 2.16. The summed E-state index contributed by atoms with van der Waals surface area (Å²) in [6, 6.07) is 2.64. The molecule has 20 heavy (non-hydrogen) atoms. The van der Waals surface area contributed by atoms with Gasteiger partial charge in [0, 0.05) is 18.6 Å². The van der Waals surface area contributed by atoms with E-state index in [0.717, 1.165) is 6.42 Å². The van der Waals surface area contributed by atoms with Crippen molar-refractivity contribution in [1.29, 1.82) is 0 Å². The van der Waals surface area contributed by atoms with Gasteiger partial charge in [-0.15, -0.1) is 0 Å². The number of alkyl carbamates (subject to hydrolysis) is 1. The van der Waals surface area contributed by atoms with Gasteiger partial charge < -0.3 is 15.4 Å². The number of amides is 1. The van der Waals surface area contributed by atoms with E-state index in [4.69, 9.17) is 4.74 Å². The molecule has 0 saturated heterocycles. The molecule has 0 saturated carbocycles. The zero-order valence-corrected chi connectivity index (χ0v) is 13.8. The van der Waals surface area contributed by atoms with E-state index in [9.17, 15) is 4.79 Å². The number of carbonyl (C=O) groups excluding carboxylic acids is 1. The van der Waals surface area contributed by atoms with E-state index in [1.54, 1.807) is 11.3 Å². The van der Waals surface area contributed by atoms with E-state index >= 15 is 0 Å². The molecule has 114 valence electrons. The highest BCUT2D eigenvalue weighted by molar-refractivity contribution is 7.07. The smallest absolute Gasteiger partial charge is 0.407 e. The van der Waals surface area contributed by atoms with Crippen molar-refractivity contribution in [2.75, 3.05) is 6.54 Å². The van der Waals surface area contributed by atoms with Crippen LogP contribution in [0, 0.1) is 0 Å². The highest BCUT2D eigenvalue weighted by Gasteiger charge is 2.18. The number of hydrogen-bond acceptors (Lipinski definition) is 4. The first-order valence-corrected chi connectivity index (χ1v) is 8.01. The monoisotopic (exact) mass is 298 g/mol. The molecule has 5 heteroatoms. The van der Waals surface area contributed by atoms with E-state index in [0.29, 0.717) is 6.54 Å². The summed E-state index contributed by atoms with van der Waals surface area (Å²) in [6.07, 6.45) is 0.588. The summed E-state index contributed by atoms with van der Waals surface area (Å²) in [5, 5.41) is 10.6. The maximum atomic E-state index is 11.6. The summed E-state index contributed by atoms with van der Waals surface area (Å²) in [5.74, 6) is 0. The average Bonchev–Trinajstić information content (AvgIpc) is 2.85. The summed E-state index contributed by atoms with van der Waals surface area (Å²) in [4.78, 5) is 11.6. The minimum absolute atomic E-state index is 0.234. The molecule has 0 aliphatic rings. The Balaban J connectivity index is 2.38. The summed E-state index contributed by atoms with van der Waals surface area (Å²) in [5.41, 5.74) is 0.828. The van der Waals surface area contributed by atoms with Crippen LogP contribution in [-0.2, 0) is 4.74 Å². The molecular weight excluding hydrogens is 272 g/mol. The molecule has 0 aliphatic heterocycles. The molecule has 0 bridgehead atoms. The van der Waals surface area contributed by atoms with Crippen molar-refractivity contribution >= 4 is 17.4 Å². The third-order valence-corrected chi connectivity index (χ3v) is 3.61. The van der Waals surface area contributed by atoms with Crippen molar-refractivity contribution in [3.63, 3.8) is 0 Å². The van der Waals surface area contributed by atoms with Crippen LogP contribution >= 0.6 is 11.3 Å². The fourth-order valence-electron chi connectivity index (χ4n) is 1.81. The summed E-state index contributed by atoms with van der Waals surface area (Å²) >= 11 is 1.70. The summed E-state index contributed by atoms with van der Waals surface area (Å²) in [6.45, 7) is 10.4. The number of ether oxygens (including phenoxy) is 1. The fraction of sp³-hybridized carbons (Fsp3) is 0.667. The molecule has 0 fully saturated rings. The number of carbonyl (C=O) groups is 1. The van der Waals surface area contributed by atoms with E-state index in [1.165, 1.54) is 5.56 Å². The highest BCUT2D eigenvalue weighted by atomic mass is 32.1. The van der Waals surface area contributed by atoms with Crippen LogP contribution in [0.3, 0.4) is 0 Å². The maximum Gasteiger partial charge on any atom is 0.407 e. The molecule has 1 amide bonds. The first-order chi connectivity index (χ1) is 9.31. The predicted octanol–water partition coefficient (Wildman–Crippen LogP) is 3.70. The standard InChI is InChI=1S/C15H26N2O2S/c1-6-13(9-16-14(18)19-15(3,4)5)17-11(2)12-7-8-20-10-12/h7-8,10-11,13,17H,6,9H2,1-5H3,(H,16,18). The number of hydrogen-bond donors (Lipinski definition) is 2. The van der Waals surface area contributed by atoms with Crippen LogP contribution in [-0.4, -0.2) is 24.3 Å². The molecule has 0 radical (unpaired) electrons. The van der Waals surface area contributed by atoms with Gasteiger partial charge in [-0.3, -0.25) is 0 Å². The van der Waals surface area contributed by atoms with Crippen LogP contribution < -0.4 is 10.6 Å². The molecule has 2 N–H and O–H groups in total. The summed E-state index contributed by atoms with van der Waals surface area (Å²) in [7, 11) is 0. The molecule has 0 spiro atoms. The quantitative estimate of drug-likeness (QED) is 0.842. The van der Waals surface area contributed by atoms with Crippen molar-refractivity contribution < 1.29 is 9.53 Å². The normalized spacial score (nSPS) is 14.7. The summed E-state index contributed by atoms with van der Waals surface area (Å²) < 4.78 is 5.23. The van der Waals surface area contributed by atoms with Gasteiger partial charge in [0.1, 0.15) is 5.60 Å². The van der Waals surface area contributed by atoms with Crippen molar-refractivity contribution in [2.45, 2.75) is 58.7 Å². The SMILES string of the molecule is CCC(CNC(=O)OC(C)(C)C)NC(C)c1ccsc1. The van der Waals surface area contributed by atoms with E-state index in [1.807, 2.05) is 20.8 Å². The van der Waals surface area contributed by atoms with Crippen LogP contribution in [0.2, 0.25) is 0 Å². The first kappa shape index (κ1) is 17.0. The fourth-order valence-corrected chi connectivity index (χ4v) is 2.57. The van der Waals surface area contributed by atoms with Gasteiger partial charge in [0.25, 0.3) is 0 Å². The zero-order chi connectivity index (χ0) is 15.2. The minimum atomic E-state index is -0.455. The predicted molar refractivity (Wildman–Crippen MR) is 84.2 cm³/mol. The van der Waals surface area contributed by atoms with Gasteiger partial charge in [-0.1, -0.05) is 6.92 Å². The van der Waals surface area contributed by atoms with Gasteiger partial charge in [-0.05, 0) is 56.5 Å². The van der Waals surface area contributed by atoms with Crippen LogP contribution in [0.15, 0.2) is 16.8 Å². The van der Waals surface area contributed by atoms with Crippen LogP contribution in [0.4, 0.5) is 4.79 Å². The van der Waals surface area contributed by atoms with Gasteiger partial charge in [0.05, 0.1) is 0 Å². The van der Waals surface area contributed by atoms with Gasteiger partial charge in [-0.2, -0.15) is 11.3 Å². The lowest BCUT2D eigenvalue weighted by Crippen LogP contribution is -2.43.